The van der Waals surface area contributed by atoms with Crippen LogP contribution < -0.4 is 10.4 Å². The summed E-state index contributed by atoms with van der Waals surface area (Å²) in [5.41, 5.74) is 0.885. The predicted molar refractivity (Wildman–Crippen MR) is 55.9 cm³/mol. The fourth-order valence-corrected chi connectivity index (χ4v) is 1.61. The van der Waals surface area contributed by atoms with Gasteiger partial charge in [-0.15, -0.1) is 0 Å². The molecule has 0 unspecified atom stereocenters. The molecule has 4 nitrogen and oxygen atoms in total. The minimum Gasteiger partial charge on any atom is -0.341 e. The lowest BCUT2D eigenvalue weighted by Crippen LogP contribution is -2.23. The van der Waals surface area contributed by atoms with Gasteiger partial charge in [0.2, 0.25) is 5.95 Å². The molecule has 1 aromatic rings. The number of nitriles is 1. The Hall–Kier alpha value is -1.57. The normalized spacial score (nSPS) is 15.2. The second-order valence-corrected chi connectivity index (χ2v) is 3.42. The van der Waals surface area contributed by atoms with Crippen LogP contribution in [0, 0.1) is 11.2 Å². The highest BCUT2D eigenvalue weighted by Gasteiger charge is 2.14. The molecule has 0 radical (unpaired) electrons. The first-order valence-corrected chi connectivity index (χ1v) is 4.83. The highest BCUT2D eigenvalue weighted by molar-refractivity contribution is 6.60. The number of anilines is 1. The zero-order chi connectivity index (χ0) is 9.80. The van der Waals surface area contributed by atoms with E-state index in [9.17, 15) is 0 Å². The van der Waals surface area contributed by atoms with Crippen LogP contribution in [-0.4, -0.2) is 30.3 Å². The van der Waals surface area contributed by atoms with Crippen molar-refractivity contribution in [1.29, 1.82) is 5.26 Å². The molecule has 70 valence electrons. The largest absolute Gasteiger partial charge is 0.341 e. The fourth-order valence-electron chi connectivity index (χ4n) is 1.61. The monoisotopic (exact) mass is 186 g/mol. The molecule has 1 aliphatic heterocycles. The van der Waals surface area contributed by atoms with Gasteiger partial charge in [0.25, 0.3) is 7.28 Å². The molecule has 2 rings (SSSR count). The summed E-state index contributed by atoms with van der Waals surface area (Å²) in [4.78, 5) is 10.7. The van der Waals surface area contributed by atoms with E-state index < -0.39 is 0 Å². The predicted octanol–water partition coefficient (Wildman–Crippen LogP) is -0.380. The maximum Gasteiger partial charge on any atom is 0.286 e. The lowest BCUT2D eigenvalue weighted by molar-refractivity contribution is 0.900. The zero-order valence-electron chi connectivity index (χ0n) is 7.98. The van der Waals surface area contributed by atoms with E-state index in [1.165, 1.54) is 12.8 Å². The van der Waals surface area contributed by atoms with Crippen molar-refractivity contribution < 1.29 is 0 Å². The van der Waals surface area contributed by atoms with E-state index in [4.69, 9.17) is 5.26 Å². The molecule has 0 saturated carbocycles. The molecule has 1 fully saturated rings. The van der Waals surface area contributed by atoms with E-state index in [1.807, 2.05) is 0 Å². The smallest absolute Gasteiger partial charge is 0.286 e. The van der Waals surface area contributed by atoms with Crippen molar-refractivity contribution in [3.8, 4) is 5.97 Å². The van der Waals surface area contributed by atoms with Gasteiger partial charge in [-0.2, -0.15) is 0 Å². The molecule has 2 heterocycles. The summed E-state index contributed by atoms with van der Waals surface area (Å²) < 4.78 is 0. The molecule has 5 heteroatoms. The SMILES string of the molecule is N#CBc1cnc(N2CCCC2)nc1. The molecule has 1 aromatic heterocycles. The van der Waals surface area contributed by atoms with Crippen molar-refractivity contribution in [1.82, 2.24) is 9.97 Å². The van der Waals surface area contributed by atoms with Gasteiger partial charge >= 0.3 is 0 Å². The summed E-state index contributed by atoms with van der Waals surface area (Å²) >= 11 is 0. The lowest BCUT2D eigenvalue weighted by Gasteiger charge is -2.14. The minimum atomic E-state index is 0.389. The molecule has 1 aliphatic rings. The van der Waals surface area contributed by atoms with Crippen molar-refractivity contribution in [2.24, 2.45) is 0 Å². The summed E-state index contributed by atoms with van der Waals surface area (Å²) in [6, 6.07) is 0. The standard InChI is InChI=1S/C9H11BN4/c11-7-10-8-5-12-9(13-6-8)14-3-1-2-4-14/h5-6,10H,1-4H2. The van der Waals surface area contributed by atoms with Crippen molar-refractivity contribution in [2.75, 3.05) is 18.0 Å². The highest BCUT2D eigenvalue weighted by atomic mass is 15.3. The van der Waals surface area contributed by atoms with Crippen molar-refractivity contribution >= 4 is 18.7 Å². The number of hydrogen-bond donors (Lipinski definition) is 0. The summed E-state index contributed by atoms with van der Waals surface area (Å²) in [5, 5.41) is 8.48. The molecular weight excluding hydrogens is 175 g/mol. The Balaban J connectivity index is 2.09. The highest BCUT2D eigenvalue weighted by Crippen LogP contribution is 2.13. The Morgan fingerprint density at radius 3 is 2.50 bits per heavy atom. The summed E-state index contributed by atoms with van der Waals surface area (Å²) in [7, 11) is 0.389. The summed E-state index contributed by atoms with van der Waals surface area (Å²) in [6.45, 7) is 2.11. The molecule has 14 heavy (non-hydrogen) atoms. The molecular formula is C9H11BN4. The van der Waals surface area contributed by atoms with Gasteiger partial charge in [-0.1, -0.05) is 0 Å². The van der Waals surface area contributed by atoms with Crippen molar-refractivity contribution in [3.63, 3.8) is 0 Å². The van der Waals surface area contributed by atoms with Gasteiger partial charge in [0.1, 0.15) is 0 Å². The first kappa shape index (κ1) is 9.01. The third-order valence-electron chi connectivity index (χ3n) is 2.36. The van der Waals surface area contributed by atoms with Crippen LogP contribution in [0.3, 0.4) is 0 Å². The van der Waals surface area contributed by atoms with E-state index in [0.717, 1.165) is 24.5 Å². The molecule has 0 aromatic carbocycles. The number of aromatic nitrogens is 2. The van der Waals surface area contributed by atoms with E-state index in [1.54, 1.807) is 12.4 Å². The summed E-state index contributed by atoms with van der Waals surface area (Å²) in [6.07, 6.45) is 5.93. The second-order valence-electron chi connectivity index (χ2n) is 3.42. The fraction of sp³-hybridized carbons (Fsp3) is 0.444. The quantitative estimate of drug-likeness (QED) is 0.590. The third-order valence-corrected chi connectivity index (χ3v) is 2.36. The lowest BCUT2D eigenvalue weighted by atomic mass is 9.74. The van der Waals surface area contributed by atoms with Gasteiger partial charge < -0.3 is 4.90 Å². The number of nitrogens with zero attached hydrogens (tertiary/aromatic N) is 4. The van der Waals surface area contributed by atoms with E-state index in [0.29, 0.717) is 7.28 Å². The Bertz CT molecular complexity index is 337. The van der Waals surface area contributed by atoms with Crippen LogP contribution in [-0.2, 0) is 0 Å². The number of hydrogen-bond acceptors (Lipinski definition) is 4. The first-order valence-electron chi connectivity index (χ1n) is 4.83. The van der Waals surface area contributed by atoms with Gasteiger partial charge in [-0.25, -0.2) is 15.2 Å². The third kappa shape index (κ3) is 1.85. The second kappa shape index (κ2) is 4.10. The maximum absolute atomic E-state index is 8.48. The topological polar surface area (TPSA) is 52.8 Å². The molecule has 0 aliphatic carbocycles. The number of rotatable bonds is 2. The maximum atomic E-state index is 8.48. The Labute approximate surface area is 83.8 Å². The van der Waals surface area contributed by atoms with Gasteiger partial charge in [0.05, 0.1) is 0 Å². The van der Waals surface area contributed by atoms with Crippen LogP contribution in [0.5, 0.6) is 0 Å². The molecule has 0 amide bonds. The van der Waals surface area contributed by atoms with Gasteiger partial charge in [0, 0.05) is 31.5 Å². The van der Waals surface area contributed by atoms with Crippen LogP contribution in [0.15, 0.2) is 12.4 Å². The van der Waals surface area contributed by atoms with Crippen LogP contribution in [0.4, 0.5) is 5.95 Å². The Morgan fingerprint density at radius 1 is 1.29 bits per heavy atom. The molecule has 0 N–H and O–H groups in total. The van der Waals surface area contributed by atoms with Crippen molar-refractivity contribution in [3.05, 3.63) is 12.4 Å². The van der Waals surface area contributed by atoms with E-state index in [2.05, 4.69) is 20.8 Å². The van der Waals surface area contributed by atoms with Gasteiger partial charge in [0.15, 0.2) is 0 Å². The average molecular weight is 186 g/mol. The molecule has 0 spiro atoms. The Kier molecular flexibility index (Phi) is 2.64. The van der Waals surface area contributed by atoms with Gasteiger partial charge in [-0.3, -0.25) is 0 Å². The summed E-state index contributed by atoms with van der Waals surface area (Å²) in [5.74, 6) is 2.87. The van der Waals surface area contributed by atoms with Crippen LogP contribution in [0.25, 0.3) is 0 Å². The average Bonchev–Trinajstić information content (AvgIpc) is 2.72. The van der Waals surface area contributed by atoms with Crippen LogP contribution in [0.1, 0.15) is 12.8 Å². The van der Waals surface area contributed by atoms with E-state index >= 15 is 0 Å². The van der Waals surface area contributed by atoms with Gasteiger partial charge in [-0.05, 0) is 18.3 Å². The molecule has 1 saturated heterocycles. The van der Waals surface area contributed by atoms with Crippen LogP contribution in [0.2, 0.25) is 0 Å². The first-order chi connectivity index (χ1) is 6.90. The van der Waals surface area contributed by atoms with Crippen LogP contribution >= 0.6 is 0 Å². The minimum absolute atomic E-state index is 0.389. The van der Waals surface area contributed by atoms with E-state index in [-0.39, 0.29) is 0 Å². The molecule has 0 bridgehead atoms. The molecule has 0 atom stereocenters. The van der Waals surface area contributed by atoms with Crippen molar-refractivity contribution in [2.45, 2.75) is 12.8 Å². The Morgan fingerprint density at radius 2 is 1.93 bits per heavy atom. The zero-order valence-corrected chi connectivity index (χ0v) is 7.98.